The Kier molecular flexibility index (Phi) is 7.05. The zero-order valence-electron chi connectivity index (χ0n) is 16.7. The maximum absolute atomic E-state index is 13.0. The molecule has 6 nitrogen and oxygen atoms in total. The van der Waals surface area contributed by atoms with E-state index in [1.54, 1.807) is 29.3 Å². The van der Waals surface area contributed by atoms with Gasteiger partial charge in [0, 0.05) is 5.56 Å². The molecule has 6 heteroatoms. The van der Waals surface area contributed by atoms with E-state index in [-0.39, 0.29) is 5.91 Å². The molecule has 1 atom stereocenters. The van der Waals surface area contributed by atoms with Crippen molar-refractivity contribution >= 4 is 23.3 Å². The van der Waals surface area contributed by atoms with Crippen LogP contribution in [-0.4, -0.2) is 23.1 Å². The highest BCUT2D eigenvalue weighted by atomic mass is 16.5. The maximum atomic E-state index is 13.0. The number of carbonyl (C=O) groups is 2. The van der Waals surface area contributed by atoms with Crippen molar-refractivity contribution in [1.82, 2.24) is 5.43 Å². The lowest BCUT2D eigenvalue weighted by atomic mass is 10.2. The molecule has 2 N–H and O–H groups in total. The number of nitrogens with zero attached hydrogens (tertiary/aromatic N) is 1. The minimum atomic E-state index is -1.02. The van der Waals surface area contributed by atoms with Crippen LogP contribution in [0.2, 0.25) is 0 Å². The van der Waals surface area contributed by atoms with Crippen molar-refractivity contribution in [3.8, 4) is 5.75 Å². The summed E-state index contributed by atoms with van der Waals surface area (Å²) in [6.45, 7) is 1.89. The average molecular weight is 404 g/mol. The first-order valence-corrected chi connectivity index (χ1v) is 9.79. The molecule has 30 heavy (non-hydrogen) atoms. The van der Waals surface area contributed by atoms with E-state index in [4.69, 9.17) is 4.74 Å². The van der Waals surface area contributed by atoms with E-state index in [9.17, 15) is 14.7 Å². The molecule has 0 spiro atoms. The van der Waals surface area contributed by atoms with Gasteiger partial charge in [0.1, 0.15) is 5.75 Å². The van der Waals surface area contributed by atoms with Gasteiger partial charge >= 0.3 is 5.97 Å². The summed E-state index contributed by atoms with van der Waals surface area (Å²) in [5, 5.41) is 11.0. The van der Waals surface area contributed by atoms with E-state index in [2.05, 4.69) is 5.43 Å². The van der Waals surface area contributed by atoms with Crippen LogP contribution in [0.5, 0.6) is 5.75 Å². The summed E-state index contributed by atoms with van der Waals surface area (Å²) in [6.07, 6.45) is 0.125. The molecule has 0 radical (unpaired) electrons. The number of hydrazine groups is 1. The first-order chi connectivity index (χ1) is 14.6. The number of amides is 1. The van der Waals surface area contributed by atoms with Gasteiger partial charge in [-0.25, -0.2) is 4.79 Å². The van der Waals surface area contributed by atoms with Crippen molar-refractivity contribution in [3.05, 3.63) is 90.5 Å². The lowest BCUT2D eigenvalue weighted by Crippen LogP contribution is -2.39. The first kappa shape index (κ1) is 20.9. The minimum Gasteiger partial charge on any atom is -0.479 e. The number of para-hydroxylation sites is 2. The molecule has 1 amide bonds. The fourth-order valence-electron chi connectivity index (χ4n) is 2.97. The highest BCUT2D eigenvalue weighted by Gasteiger charge is 2.19. The average Bonchev–Trinajstić information content (AvgIpc) is 2.78. The molecule has 0 aliphatic heterocycles. The van der Waals surface area contributed by atoms with Gasteiger partial charge in [-0.3, -0.25) is 15.2 Å². The predicted molar refractivity (Wildman–Crippen MR) is 116 cm³/mol. The molecular weight excluding hydrogens is 380 g/mol. The topological polar surface area (TPSA) is 78.9 Å². The van der Waals surface area contributed by atoms with E-state index >= 15 is 0 Å². The Morgan fingerprint density at radius 2 is 1.53 bits per heavy atom. The SMILES string of the molecule is CCCC(Oc1cccc(C(=O)NN(c2ccccc2)c2ccccc2)c1)C(=O)O. The van der Waals surface area contributed by atoms with Gasteiger partial charge in [0.05, 0.1) is 11.4 Å². The summed E-state index contributed by atoms with van der Waals surface area (Å²) in [6, 6.07) is 25.5. The molecule has 1 unspecified atom stereocenters. The number of hydrogen-bond donors (Lipinski definition) is 2. The van der Waals surface area contributed by atoms with Crippen molar-refractivity contribution in [2.45, 2.75) is 25.9 Å². The molecule has 0 heterocycles. The highest BCUT2D eigenvalue weighted by molar-refractivity contribution is 5.96. The molecule has 0 aliphatic rings. The fraction of sp³-hybridized carbons (Fsp3) is 0.167. The largest absolute Gasteiger partial charge is 0.479 e. The van der Waals surface area contributed by atoms with Crippen LogP contribution in [0, 0.1) is 0 Å². The molecule has 0 bridgehead atoms. The summed E-state index contributed by atoms with van der Waals surface area (Å²) in [4.78, 5) is 24.3. The van der Waals surface area contributed by atoms with Gasteiger partial charge in [0.25, 0.3) is 5.91 Å². The molecule has 0 saturated carbocycles. The first-order valence-electron chi connectivity index (χ1n) is 9.79. The summed E-state index contributed by atoms with van der Waals surface area (Å²) in [5.41, 5.74) is 4.89. The Hall–Kier alpha value is -3.80. The van der Waals surface area contributed by atoms with Crippen LogP contribution in [0.25, 0.3) is 0 Å². The summed E-state index contributed by atoms with van der Waals surface area (Å²) >= 11 is 0. The van der Waals surface area contributed by atoms with Crippen LogP contribution < -0.4 is 15.2 Å². The molecule has 0 aromatic heterocycles. The van der Waals surface area contributed by atoms with Crippen LogP contribution >= 0.6 is 0 Å². The number of anilines is 2. The van der Waals surface area contributed by atoms with Gasteiger partial charge in [-0.15, -0.1) is 0 Å². The third-order valence-electron chi connectivity index (χ3n) is 4.44. The van der Waals surface area contributed by atoms with E-state index in [1.165, 1.54) is 0 Å². The standard InChI is InChI=1S/C24H24N2O4/c1-2-10-22(24(28)29)30-21-16-9-11-18(17-21)23(27)25-26(19-12-5-3-6-13-19)20-14-7-4-8-15-20/h3-9,11-17,22H,2,10H2,1H3,(H,25,27)(H,28,29). The number of ether oxygens (including phenoxy) is 1. The van der Waals surface area contributed by atoms with E-state index in [0.29, 0.717) is 24.2 Å². The van der Waals surface area contributed by atoms with Crippen LogP contribution in [0.3, 0.4) is 0 Å². The monoisotopic (exact) mass is 404 g/mol. The molecular formula is C24H24N2O4. The zero-order valence-corrected chi connectivity index (χ0v) is 16.7. The second kappa shape index (κ2) is 10.1. The smallest absolute Gasteiger partial charge is 0.344 e. The van der Waals surface area contributed by atoms with Gasteiger partial charge in [-0.2, -0.15) is 0 Å². The van der Waals surface area contributed by atoms with Gasteiger partial charge in [-0.1, -0.05) is 55.8 Å². The van der Waals surface area contributed by atoms with Crippen LogP contribution in [0.4, 0.5) is 11.4 Å². The Morgan fingerprint density at radius 1 is 0.933 bits per heavy atom. The highest BCUT2D eigenvalue weighted by Crippen LogP contribution is 2.23. The second-order valence-corrected chi connectivity index (χ2v) is 6.71. The van der Waals surface area contributed by atoms with Crippen LogP contribution in [0.15, 0.2) is 84.9 Å². The van der Waals surface area contributed by atoms with Crippen LogP contribution in [0.1, 0.15) is 30.1 Å². The molecule has 154 valence electrons. The van der Waals surface area contributed by atoms with E-state index in [1.807, 2.05) is 67.6 Å². The Labute approximate surface area is 175 Å². The van der Waals surface area contributed by atoms with Crippen molar-refractivity contribution in [3.63, 3.8) is 0 Å². The number of aliphatic carboxylic acids is 1. The Balaban J connectivity index is 1.82. The summed E-state index contributed by atoms with van der Waals surface area (Å²) < 4.78 is 5.59. The van der Waals surface area contributed by atoms with Gasteiger partial charge < -0.3 is 9.84 Å². The molecule has 3 aromatic rings. The number of carboxylic acids is 1. The van der Waals surface area contributed by atoms with E-state index in [0.717, 1.165) is 11.4 Å². The van der Waals surface area contributed by atoms with Crippen LogP contribution in [-0.2, 0) is 4.79 Å². The number of carbonyl (C=O) groups excluding carboxylic acids is 1. The lowest BCUT2D eigenvalue weighted by Gasteiger charge is -2.25. The third kappa shape index (κ3) is 5.38. The molecule has 0 saturated heterocycles. The number of benzene rings is 3. The second-order valence-electron chi connectivity index (χ2n) is 6.71. The quantitative estimate of drug-likeness (QED) is 0.501. The number of rotatable bonds is 9. The van der Waals surface area contributed by atoms with Gasteiger partial charge in [0.2, 0.25) is 0 Å². The molecule has 0 aliphatic carbocycles. The van der Waals surface area contributed by atoms with E-state index < -0.39 is 12.1 Å². The number of carboxylic acid groups (broad SMARTS) is 1. The molecule has 3 rings (SSSR count). The lowest BCUT2D eigenvalue weighted by molar-refractivity contribution is -0.145. The zero-order chi connectivity index (χ0) is 21.3. The fourth-order valence-corrected chi connectivity index (χ4v) is 2.97. The summed E-state index contributed by atoms with van der Waals surface area (Å²) in [7, 11) is 0. The molecule has 3 aromatic carbocycles. The minimum absolute atomic E-state index is 0.337. The Bertz CT molecular complexity index is 937. The third-order valence-corrected chi connectivity index (χ3v) is 4.44. The maximum Gasteiger partial charge on any atom is 0.344 e. The predicted octanol–water partition coefficient (Wildman–Crippen LogP) is 4.80. The Morgan fingerprint density at radius 3 is 2.07 bits per heavy atom. The van der Waals surface area contributed by atoms with Gasteiger partial charge in [-0.05, 0) is 48.9 Å². The summed E-state index contributed by atoms with van der Waals surface area (Å²) in [5.74, 6) is -1.02. The molecule has 0 fully saturated rings. The number of hydrogen-bond acceptors (Lipinski definition) is 4. The normalized spacial score (nSPS) is 11.4. The number of nitrogens with one attached hydrogen (secondary N) is 1. The van der Waals surface area contributed by atoms with Crippen molar-refractivity contribution in [1.29, 1.82) is 0 Å². The van der Waals surface area contributed by atoms with Gasteiger partial charge in [0.15, 0.2) is 6.10 Å². The van der Waals surface area contributed by atoms with Crippen molar-refractivity contribution < 1.29 is 19.4 Å². The van der Waals surface area contributed by atoms with Crippen molar-refractivity contribution in [2.75, 3.05) is 5.01 Å². The van der Waals surface area contributed by atoms with Crippen molar-refractivity contribution in [2.24, 2.45) is 0 Å².